The van der Waals surface area contributed by atoms with E-state index in [1.165, 1.54) is 77.3 Å². The van der Waals surface area contributed by atoms with Crippen LogP contribution in [0.5, 0.6) is 0 Å². The Hall–Kier alpha value is -1.43. The summed E-state index contributed by atoms with van der Waals surface area (Å²) in [5.41, 5.74) is 0.336. The summed E-state index contributed by atoms with van der Waals surface area (Å²) >= 11 is 0. The third kappa shape index (κ3) is 4.27. The van der Waals surface area contributed by atoms with E-state index < -0.39 is 0 Å². The summed E-state index contributed by atoms with van der Waals surface area (Å²) < 4.78 is 1.63. The van der Waals surface area contributed by atoms with Crippen molar-refractivity contribution < 1.29 is 4.79 Å². The van der Waals surface area contributed by atoms with Gasteiger partial charge in [0.15, 0.2) is 0 Å². The highest BCUT2D eigenvalue weighted by Crippen LogP contribution is 2.39. The molecule has 1 amide bonds. The number of rotatable bonds is 5. The van der Waals surface area contributed by atoms with E-state index in [-0.39, 0.29) is 5.91 Å². The number of carbonyl (C=O) groups excluding carboxylic acids is 1. The van der Waals surface area contributed by atoms with Crippen molar-refractivity contribution in [2.24, 2.45) is 11.3 Å². The largest absolute Gasteiger partial charge is 0.340 e. The summed E-state index contributed by atoms with van der Waals surface area (Å²) in [6, 6.07) is 0. The maximum Gasteiger partial charge on any atom is 0.244 e. The molecule has 144 valence electrons. The van der Waals surface area contributed by atoms with E-state index in [1.807, 2.05) is 0 Å². The molecule has 0 aromatic carbocycles. The van der Waals surface area contributed by atoms with E-state index >= 15 is 0 Å². The van der Waals surface area contributed by atoms with Crippen LogP contribution in [-0.2, 0) is 11.3 Å². The molecule has 0 bridgehead atoms. The van der Waals surface area contributed by atoms with Gasteiger partial charge >= 0.3 is 0 Å². The van der Waals surface area contributed by atoms with E-state index in [9.17, 15) is 4.79 Å². The predicted octanol–water partition coefficient (Wildman–Crippen LogP) is 2.56. The molecule has 3 heterocycles. The van der Waals surface area contributed by atoms with E-state index in [0.29, 0.717) is 12.0 Å². The minimum Gasteiger partial charge on any atom is -0.340 e. The SMILES string of the molecule is O=C(Cn1cncn1)N1CC[C@]2(CCCN(CCC3CCCCC3)C2)C1. The Morgan fingerprint density at radius 2 is 1.96 bits per heavy atom. The maximum atomic E-state index is 12.6. The summed E-state index contributed by atoms with van der Waals surface area (Å²) in [5.74, 6) is 1.15. The molecule has 0 radical (unpaired) electrons. The fourth-order valence-corrected chi connectivity index (χ4v) is 5.38. The standard InChI is InChI=1S/C20H33N5O/c26-19(13-25-17-21-16-22-25)24-12-9-20(15-24)8-4-10-23(14-20)11-7-18-5-2-1-3-6-18/h16-18H,1-15H2/t20-/m0/s1. The third-order valence-electron chi connectivity index (χ3n) is 6.87. The molecule has 0 unspecified atom stereocenters. The van der Waals surface area contributed by atoms with Crippen LogP contribution in [0.25, 0.3) is 0 Å². The van der Waals surface area contributed by atoms with Gasteiger partial charge in [0.25, 0.3) is 0 Å². The molecule has 4 rings (SSSR count). The number of piperidine rings is 1. The third-order valence-corrected chi connectivity index (χ3v) is 6.87. The fourth-order valence-electron chi connectivity index (χ4n) is 5.38. The summed E-state index contributed by atoms with van der Waals surface area (Å²) in [4.78, 5) is 21.3. The Kier molecular flexibility index (Phi) is 5.57. The molecular formula is C20H33N5O. The average Bonchev–Trinajstić information content (AvgIpc) is 3.31. The lowest BCUT2D eigenvalue weighted by Crippen LogP contribution is -2.46. The van der Waals surface area contributed by atoms with Gasteiger partial charge in [0.1, 0.15) is 19.2 Å². The highest BCUT2D eigenvalue weighted by atomic mass is 16.2. The molecule has 1 atom stereocenters. The van der Waals surface area contributed by atoms with Gasteiger partial charge in [-0.25, -0.2) is 9.67 Å². The van der Waals surface area contributed by atoms with Crippen molar-refractivity contribution in [3.8, 4) is 0 Å². The Morgan fingerprint density at radius 3 is 2.77 bits per heavy atom. The average molecular weight is 360 g/mol. The summed E-state index contributed by atoms with van der Waals surface area (Å²) in [6.07, 6.45) is 15.4. The van der Waals surface area contributed by atoms with Crippen LogP contribution in [0, 0.1) is 11.3 Å². The number of amides is 1. The Labute approximate surface area is 156 Å². The van der Waals surface area contributed by atoms with Crippen molar-refractivity contribution in [3.63, 3.8) is 0 Å². The van der Waals surface area contributed by atoms with E-state index in [1.54, 1.807) is 11.0 Å². The zero-order valence-corrected chi connectivity index (χ0v) is 16.0. The molecule has 0 N–H and O–H groups in total. The van der Waals surface area contributed by atoms with Crippen molar-refractivity contribution in [1.29, 1.82) is 0 Å². The van der Waals surface area contributed by atoms with Crippen LogP contribution in [-0.4, -0.2) is 63.2 Å². The molecule has 3 aliphatic rings. The minimum absolute atomic E-state index is 0.187. The Balaban J connectivity index is 1.27. The normalized spacial score (nSPS) is 28.1. The quantitative estimate of drug-likeness (QED) is 0.811. The van der Waals surface area contributed by atoms with Gasteiger partial charge in [-0.2, -0.15) is 5.10 Å². The highest BCUT2D eigenvalue weighted by Gasteiger charge is 2.42. The second-order valence-electron chi connectivity index (χ2n) is 8.83. The first-order chi connectivity index (χ1) is 12.7. The summed E-state index contributed by atoms with van der Waals surface area (Å²) in [7, 11) is 0. The number of aromatic nitrogens is 3. The zero-order chi connectivity index (χ0) is 17.8. The van der Waals surface area contributed by atoms with Gasteiger partial charge in [-0.05, 0) is 44.7 Å². The first-order valence-electron chi connectivity index (χ1n) is 10.6. The van der Waals surface area contributed by atoms with Crippen LogP contribution in [0.1, 0.15) is 57.8 Å². The van der Waals surface area contributed by atoms with Gasteiger partial charge in [-0.15, -0.1) is 0 Å². The number of carbonyl (C=O) groups is 1. The van der Waals surface area contributed by atoms with Gasteiger partial charge in [0.05, 0.1) is 0 Å². The number of hydrogen-bond acceptors (Lipinski definition) is 4. The molecule has 2 saturated heterocycles. The van der Waals surface area contributed by atoms with Crippen LogP contribution < -0.4 is 0 Å². The lowest BCUT2D eigenvalue weighted by Gasteiger charge is -2.41. The van der Waals surface area contributed by atoms with Crippen LogP contribution >= 0.6 is 0 Å². The molecular weight excluding hydrogens is 326 g/mol. The van der Waals surface area contributed by atoms with Crippen LogP contribution in [0.15, 0.2) is 12.7 Å². The van der Waals surface area contributed by atoms with Crippen molar-refractivity contribution in [2.45, 2.75) is 64.3 Å². The van der Waals surface area contributed by atoms with Crippen molar-refractivity contribution in [2.75, 3.05) is 32.7 Å². The summed E-state index contributed by atoms with van der Waals surface area (Å²) in [5, 5.41) is 4.06. The van der Waals surface area contributed by atoms with Gasteiger partial charge in [0, 0.05) is 25.0 Å². The molecule has 1 aromatic rings. The maximum absolute atomic E-state index is 12.6. The molecule has 1 aliphatic carbocycles. The van der Waals surface area contributed by atoms with E-state index in [2.05, 4.69) is 19.9 Å². The van der Waals surface area contributed by atoms with Gasteiger partial charge in [-0.3, -0.25) is 4.79 Å². The van der Waals surface area contributed by atoms with Crippen molar-refractivity contribution in [3.05, 3.63) is 12.7 Å². The molecule has 1 aromatic heterocycles. The van der Waals surface area contributed by atoms with Gasteiger partial charge < -0.3 is 9.80 Å². The Bertz CT molecular complexity index is 583. The number of nitrogens with zero attached hydrogens (tertiary/aromatic N) is 5. The summed E-state index contributed by atoms with van der Waals surface area (Å²) in [6.45, 7) is 5.86. The van der Waals surface area contributed by atoms with Crippen LogP contribution in [0.4, 0.5) is 0 Å². The van der Waals surface area contributed by atoms with Crippen LogP contribution in [0.2, 0.25) is 0 Å². The topological polar surface area (TPSA) is 54.3 Å². The Morgan fingerprint density at radius 1 is 1.08 bits per heavy atom. The lowest BCUT2D eigenvalue weighted by atomic mass is 9.79. The van der Waals surface area contributed by atoms with Crippen LogP contribution in [0.3, 0.4) is 0 Å². The molecule has 1 spiro atoms. The second-order valence-corrected chi connectivity index (χ2v) is 8.83. The molecule has 26 heavy (non-hydrogen) atoms. The fraction of sp³-hybridized carbons (Fsp3) is 0.850. The number of likely N-dealkylation sites (tertiary alicyclic amines) is 2. The van der Waals surface area contributed by atoms with Gasteiger partial charge in [0.2, 0.25) is 5.91 Å². The minimum atomic E-state index is 0.187. The lowest BCUT2D eigenvalue weighted by molar-refractivity contribution is -0.131. The zero-order valence-electron chi connectivity index (χ0n) is 16.0. The van der Waals surface area contributed by atoms with E-state index in [4.69, 9.17) is 0 Å². The number of hydrogen-bond donors (Lipinski definition) is 0. The molecule has 1 saturated carbocycles. The van der Waals surface area contributed by atoms with Crippen molar-refractivity contribution in [1.82, 2.24) is 24.6 Å². The smallest absolute Gasteiger partial charge is 0.244 e. The van der Waals surface area contributed by atoms with Gasteiger partial charge in [-0.1, -0.05) is 32.1 Å². The first kappa shape index (κ1) is 18.0. The van der Waals surface area contributed by atoms with E-state index in [0.717, 1.165) is 25.4 Å². The monoisotopic (exact) mass is 359 g/mol. The first-order valence-corrected chi connectivity index (χ1v) is 10.6. The molecule has 3 fully saturated rings. The molecule has 6 heteroatoms. The van der Waals surface area contributed by atoms with Crippen molar-refractivity contribution >= 4 is 5.91 Å². The molecule has 2 aliphatic heterocycles. The predicted molar refractivity (Wildman–Crippen MR) is 101 cm³/mol. The highest BCUT2D eigenvalue weighted by molar-refractivity contribution is 5.76. The molecule has 6 nitrogen and oxygen atoms in total. The second kappa shape index (κ2) is 8.07.